The van der Waals surface area contributed by atoms with Gasteiger partial charge in [-0.25, -0.2) is 0 Å². The number of carbonyl (C=O) groups excluding carboxylic acids is 1. The molecule has 1 aromatic carbocycles. The minimum Gasteiger partial charge on any atom is -0.497 e. The van der Waals surface area contributed by atoms with Gasteiger partial charge in [0, 0.05) is 30.4 Å². The number of aromatic nitrogens is 3. The van der Waals surface area contributed by atoms with E-state index in [1.54, 1.807) is 7.11 Å². The van der Waals surface area contributed by atoms with Gasteiger partial charge in [0.05, 0.1) is 12.8 Å². The largest absolute Gasteiger partial charge is 0.497 e. The molecule has 1 aliphatic heterocycles. The molecule has 0 N–H and O–H groups in total. The highest BCUT2D eigenvalue weighted by atomic mass is 32.1. The number of hydrogen-bond donors (Lipinski definition) is 0. The number of hydrogen-bond acceptors (Lipinski definition) is 6. The molecule has 3 heterocycles. The van der Waals surface area contributed by atoms with Crippen LogP contribution in [0.2, 0.25) is 0 Å². The first-order chi connectivity index (χ1) is 14.6. The summed E-state index contributed by atoms with van der Waals surface area (Å²) in [6, 6.07) is 12.3. The first kappa shape index (κ1) is 20.5. The van der Waals surface area contributed by atoms with Crippen LogP contribution in [0.5, 0.6) is 5.75 Å². The van der Waals surface area contributed by atoms with Crippen LogP contribution >= 0.6 is 11.5 Å². The third-order valence-corrected chi connectivity index (χ3v) is 6.34. The first-order valence-electron chi connectivity index (χ1n) is 10.3. The number of likely N-dealkylation sites (tertiary alicyclic amines) is 1. The Bertz CT molecular complexity index is 1050. The fraction of sp³-hybridized carbons (Fsp3) is 0.391. The Kier molecular flexibility index (Phi) is 6.08. The SMILES string of the molecule is CCc1nnsc1C(=O)N1CCC[C@@H](c2cc(-c3cccc(OC)c3)cc(C)n2)C1. The zero-order chi connectivity index (χ0) is 21.1. The van der Waals surface area contributed by atoms with Gasteiger partial charge in [0.2, 0.25) is 0 Å². The highest BCUT2D eigenvalue weighted by Crippen LogP contribution is 2.31. The Hall–Kier alpha value is -2.80. The van der Waals surface area contributed by atoms with Crippen molar-refractivity contribution in [2.24, 2.45) is 0 Å². The van der Waals surface area contributed by atoms with Crippen LogP contribution in [0, 0.1) is 6.92 Å². The molecule has 0 saturated carbocycles. The summed E-state index contributed by atoms with van der Waals surface area (Å²) in [4.78, 5) is 20.5. The quantitative estimate of drug-likeness (QED) is 0.606. The van der Waals surface area contributed by atoms with E-state index < -0.39 is 0 Å². The maximum absolute atomic E-state index is 13.1. The Morgan fingerprint density at radius 3 is 2.93 bits per heavy atom. The molecule has 0 spiro atoms. The number of rotatable bonds is 5. The summed E-state index contributed by atoms with van der Waals surface area (Å²) in [5.74, 6) is 1.10. The fourth-order valence-electron chi connectivity index (χ4n) is 4.02. The number of carbonyl (C=O) groups is 1. The molecule has 6 nitrogen and oxygen atoms in total. The van der Waals surface area contributed by atoms with E-state index in [2.05, 4.69) is 27.8 Å². The summed E-state index contributed by atoms with van der Waals surface area (Å²) in [6.07, 6.45) is 2.71. The van der Waals surface area contributed by atoms with Crippen molar-refractivity contribution in [2.45, 2.75) is 39.0 Å². The summed E-state index contributed by atoms with van der Waals surface area (Å²) >= 11 is 1.20. The molecule has 7 heteroatoms. The molecule has 3 aromatic rings. The second-order valence-corrected chi connectivity index (χ2v) is 8.40. The van der Waals surface area contributed by atoms with Crippen molar-refractivity contribution in [3.8, 4) is 16.9 Å². The second-order valence-electron chi connectivity index (χ2n) is 7.65. The smallest absolute Gasteiger partial charge is 0.267 e. The number of benzene rings is 1. The van der Waals surface area contributed by atoms with Crippen LogP contribution in [-0.2, 0) is 6.42 Å². The van der Waals surface area contributed by atoms with Crippen molar-refractivity contribution in [3.63, 3.8) is 0 Å². The summed E-state index contributed by atoms with van der Waals surface area (Å²) < 4.78 is 9.36. The van der Waals surface area contributed by atoms with Gasteiger partial charge in [-0.2, -0.15) is 0 Å². The van der Waals surface area contributed by atoms with E-state index >= 15 is 0 Å². The zero-order valence-corrected chi connectivity index (χ0v) is 18.4. The van der Waals surface area contributed by atoms with Gasteiger partial charge in [-0.05, 0) is 73.1 Å². The summed E-state index contributed by atoms with van der Waals surface area (Å²) in [7, 11) is 1.68. The molecular formula is C23H26N4O2S. The highest BCUT2D eigenvalue weighted by Gasteiger charge is 2.29. The normalized spacial score (nSPS) is 16.5. The van der Waals surface area contributed by atoms with Crippen LogP contribution in [0.3, 0.4) is 0 Å². The minimum atomic E-state index is 0.0484. The highest BCUT2D eigenvalue weighted by molar-refractivity contribution is 7.08. The molecular weight excluding hydrogens is 396 g/mol. The van der Waals surface area contributed by atoms with Crippen molar-refractivity contribution in [3.05, 3.63) is 58.4 Å². The Labute approximate surface area is 181 Å². The molecule has 0 radical (unpaired) electrons. The first-order valence-corrected chi connectivity index (χ1v) is 11.1. The molecule has 2 aromatic heterocycles. The van der Waals surface area contributed by atoms with Crippen molar-refractivity contribution < 1.29 is 9.53 Å². The molecule has 156 valence electrons. The molecule has 0 bridgehead atoms. The van der Waals surface area contributed by atoms with Crippen LogP contribution < -0.4 is 4.74 Å². The number of ether oxygens (including phenoxy) is 1. The lowest BCUT2D eigenvalue weighted by molar-refractivity contribution is 0.0709. The lowest BCUT2D eigenvalue weighted by Crippen LogP contribution is -2.39. The van der Waals surface area contributed by atoms with Crippen LogP contribution in [0.1, 0.15) is 52.4 Å². The van der Waals surface area contributed by atoms with E-state index in [1.807, 2.05) is 36.9 Å². The van der Waals surface area contributed by atoms with Gasteiger partial charge >= 0.3 is 0 Å². The van der Waals surface area contributed by atoms with E-state index in [9.17, 15) is 4.79 Å². The molecule has 30 heavy (non-hydrogen) atoms. The Morgan fingerprint density at radius 1 is 1.27 bits per heavy atom. The lowest BCUT2D eigenvalue weighted by atomic mass is 9.92. The number of aryl methyl sites for hydroxylation is 2. The van der Waals surface area contributed by atoms with E-state index in [1.165, 1.54) is 11.5 Å². The topological polar surface area (TPSA) is 68.2 Å². The van der Waals surface area contributed by atoms with Crippen LogP contribution in [0.15, 0.2) is 36.4 Å². The van der Waals surface area contributed by atoms with Gasteiger partial charge in [-0.1, -0.05) is 23.5 Å². The lowest BCUT2D eigenvalue weighted by Gasteiger charge is -2.32. The maximum Gasteiger partial charge on any atom is 0.267 e. The zero-order valence-electron chi connectivity index (χ0n) is 17.6. The summed E-state index contributed by atoms with van der Waals surface area (Å²) in [6.45, 7) is 5.47. The predicted molar refractivity (Wildman–Crippen MR) is 118 cm³/mol. The Morgan fingerprint density at radius 2 is 2.13 bits per heavy atom. The van der Waals surface area contributed by atoms with Gasteiger partial charge in [-0.3, -0.25) is 9.78 Å². The monoisotopic (exact) mass is 422 g/mol. The second kappa shape index (κ2) is 8.92. The molecule has 1 fully saturated rings. The van der Waals surface area contributed by atoms with Gasteiger partial charge in [0.15, 0.2) is 0 Å². The number of methoxy groups -OCH3 is 1. The van der Waals surface area contributed by atoms with Crippen molar-refractivity contribution >= 4 is 17.4 Å². The van der Waals surface area contributed by atoms with Gasteiger partial charge in [0.25, 0.3) is 5.91 Å². The molecule has 0 unspecified atom stereocenters. The van der Waals surface area contributed by atoms with Gasteiger partial charge in [-0.15, -0.1) is 5.10 Å². The van der Waals surface area contributed by atoms with Crippen LogP contribution in [0.25, 0.3) is 11.1 Å². The summed E-state index contributed by atoms with van der Waals surface area (Å²) in [5, 5.41) is 4.10. The van der Waals surface area contributed by atoms with E-state index in [4.69, 9.17) is 9.72 Å². The number of nitrogens with zero attached hydrogens (tertiary/aromatic N) is 4. The van der Waals surface area contributed by atoms with E-state index in [0.29, 0.717) is 11.4 Å². The van der Waals surface area contributed by atoms with Crippen molar-refractivity contribution in [1.82, 2.24) is 19.5 Å². The number of piperidine rings is 1. The van der Waals surface area contributed by atoms with Crippen LogP contribution in [-0.4, -0.2) is 45.6 Å². The van der Waals surface area contributed by atoms with Crippen molar-refractivity contribution in [2.75, 3.05) is 20.2 Å². The van der Waals surface area contributed by atoms with Gasteiger partial charge in [0.1, 0.15) is 10.6 Å². The molecule has 1 amide bonds. The Balaban J connectivity index is 1.59. The number of pyridine rings is 1. The molecule has 0 aliphatic carbocycles. The van der Waals surface area contributed by atoms with Gasteiger partial charge < -0.3 is 9.64 Å². The molecule has 4 rings (SSSR count). The average molecular weight is 423 g/mol. The third kappa shape index (κ3) is 4.21. The molecule has 1 aliphatic rings. The fourth-order valence-corrected chi connectivity index (χ4v) is 4.74. The van der Waals surface area contributed by atoms with E-state index in [-0.39, 0.29) is 11.8 Å². The third-order valence-electron chi connectivity index (χ3n) is 5.59. The standard InChI is InChI=1S/C23H26N4O2S/c1-4-20-22(30-26-25-20)23(28)27-10-6-8-17(14-27)21-13-18(11-15(2)24-21)16-7-5-9-19(12-16)29-3/h5,7,9,11-13,17H,4,6,8,10,14H2,1-3H3/t17-/m1/s1. The van der Waals surface area contributed by atoms with Crippen LogP contribution in [0.4, 0.5) is 0 Å². The predicted octanol–water partition coefficient (Wildman–Crippen LogP) is 4.50. The maximum atomic E-state index is 13.1. The minimum absolute atomic E-state index is 0.0484. The molecule has 1 saturated heterocycles. The van der Waals surface area contributed by atoms with Crippen molar-refractivity contribution in [1.29, 1.82) is 0 Å². The summed E-state index contributed by atoms with van der Waals surface area (Å²) in [5.41, 5.74) is 5.05. The van der Waals surface area contributed by atoms with E-state index in [0.717, 1.165) is 59.8 Å². The number of amides is 1. The average Bonchev–Trinajstić information content (AvgIpc) is 3.27. The molecule has 1 atom stereocenters.